The number of carbonyl (C=O) groups excluding carboxylic acids is 4. The summed E-state index contributed by atoms with van der Waals surface area (Å²) in [6.45, 7) is 21.0. The number of Topliss-reactive ketones (excluding diaryl/α,β-unsaturated/α-hetero) is 2. The highest BCUT2D eigenvalue weighted by molar-refractivity contribution is 9.10. The van der Waals surface area contributed by atoms with Crippen LogP contribution in [0.2, 0.25) is 6.04 Å². The normalized spacial score (nSPS) is 12.0. The number of esters is 2. The fourth-order valence-corrected chi connectivity index (χ4v) is 8.44. The molecule has 2 aromatic carbocycles. The molecule has 0 bridgehead atoms. The van der Waals surface area contributed by atoms with Gasteiger partial charge in [0.25, 0.3) is 0 Å². The molecule has 0 aliphatic rings. The van der Waals surface area contributed by atoms with Gasteiger partial charge in [-0.25, -0.2) is 0 Å². The first kappa shape index (κ1) is 75.0. The Balaban J connectivity index is 0.00000139. The molecule has 0 amide bonds. The lowest BCUT2D eigenvalue weighted by Crippen LogP contribution is -2.35. The highest BCUT2D eigenvalue weighted by atomic mass is 79.9. The van der Waals surface area contributed by atoms with Crippen LogP contribution in [0.1, 0.15) is 160 Å². The minimum Gasteiger partial charge on any atom is -0.491 e. The van der Waals surface area contributed by atoms with E-state index in [2.05, 4.69) is 38.4 Å². The Labute approximate surface area is 502 Å². The SMILES string of the molecule is C=CCOCCOc1ccc(C(=O)C(C)(C)OCCCCCCCCOC(=O)C(C)(C)Br)cc1.CC(C)(Br)C(=O)OCCCCCCCCOC(C)(C)C(=O)c1ccc(OCCOCCC[Si](Cl)(Cl)Cl)cc1.Cl[SiH](Cl)Cl. The van der Waals surface area contributed by atoms with Gasteiger partial charge in [0, 0.05) is 30.9 Å². The summed E-state index contributed by atoms with van der Waals surface area (Å²) in [5, 5.41) is 0. The van der Waals surface area contributed by atoms with Crippen molar-refractivity contribution in [3.05, 3.63) is 72.3 Å². The van der Waals surface area contributed by atoms with Crippen molar-refractivity contribution in [2.75, 3.05) is 66.1 Å². The van der Waals surface area contributed by atoms with Crippen LogP contribution in [0.5, 0.6) is 11.5 Å². The van der Waals surface area contributed by atoms with Crippen LogP contribution in [0.15, 0.2) is 61.2 Å². The van der Waals surface area contributed by atoms with E-state index in [0.717, 1.165) is 77.0 Å². The predicted molar refractivity (Wildman–Crippen MR) is 325 cm³/mol. The van der Waals surface area contributed by atoms with Gasteiger partial charge in [-0.05, 0) is 142 Å². The average Bonchev–Trinajstić information content (AvgIpc) is 3.33. The monoisotopic (exact) mass is 1350 g/mol. The van der Waals surface area contributed by atoms with Crippen LogP contribution in [-0.2, 0) is 38.0 Å². The molecule has 0 radical (unpaired) electrons. The third-order valence-electron chi connectivity index (χ3n) is 10.7. The van der Waals surface area contributed by atoms with E-state index in [1.165, 1.54) is 0 Å². The maximum atomic E-state index is 12.9. The second kappa shape index (κ2) is 41.9. The van der Waals surface area contributed by atoms with Crippen LogP contribution in [0.3, 0.4) is 0 Å². The molecule has 0 unspecified atom stereocenters. The van der Waals surface area contributed by atoms with E-state index in [1.54, 1.807) is 96.1 Å². The third-order valence-corrected chi connectivity index (χ3v) is 14.0. The maximum Gasteiger partial charge on any atom is 0.341 e. The number of benzene rings is 2. The van der Waals surface area contributed by atoms with Crippen LogP contribution in [0.25, 0.3) is 0 Å². The zero-order valence-electron chi connectivity index (χ0n) is 45.9. The van der Waals surface area contributed by atoms with Crippen molar-refractivity contribution in [2.45, 2.75) is 165 Å². The van der Waals surface area contributed by atoms with E-state index in [-0.39, 0.29) is 23.5 Å². The number of alkyl halides is 2. The summed E-state index contributed by atoms with van der Waals surface area (Å²) in [6, 6.07) is 12.2. The number of hydrogen-bond donors (Lipinski definition) is 0. The highest BCUT2D eigenvalue weighted by Gasteiger charge is 2.31. The van der Waals surface area contributed by atoms with Gasteiger partial charge in [0.15, 0.2) is 11.6 Å². The molecule has 0 fully saturated rings. The molecule has 0 aliphatic carbocycles. The van der Waals surface area contributed by atoms with Crippen LogP contribution < -0.4 is 9.47 Å². The standard InChI is InChI=1S/C27H42BrCl3O6Si.C27H41BrO6.Cl3HSi/c1-26(2,28)25(33)36-17-9-7-5-6-8-10-18-37-27(3,4)24(32)22-12-14-23(15-13-22)35-20-19-34-16-11-21-38(29,30)31;1-6-17-31-20-21-32-23-15-13-22(14-16-23)24(29)27(4,5)34-19-12-10-8-7-9-11-18-33-25(30)26(2,3)28;1-4(2)3/h12-15H,5-11,16-21H2,1-4H3;6,13-16H,1,7-12,17-21H2,2-5H3;4H. The lowest BCUT2D eigenvalue weighted by Gasteiger charge is -2.24. The lowest BCUT2D eigenvalue weighted by atomic mass is 9.96. The minimum atomic E-state index is -2.58. The summed E-state index contributed by atoms with van der Waals surface area (Å²) in [7, 11) is 0. The predicted octanol–water partition coefficient (Wildman–Crippen LogP) is 15.9. The van der Waals surface area contributed by atoms with Crippen LogP contribution >= 0.6 is 98.3 Å². The van der Waals surface area contributed by atoms with Gasteiger partial charge >= 0.3 is 24.7 Å². The molecular formula is C54H84Br2Cl6O12Si2. The fraction of sp³-hybridized carbons (Fsp3) is 0.667. The Morgan fingerprint density at radius 1 is 0.500 bits per heavy atom. The van der Waals surface area contributed by atoms with Gasteiger partial charge in [-0.3, -0.25) is 19.2 Å². The Bertz CT molecular complexity index is 1890. The van der Waals surface area contributed by atoms with Gasteiger partial charge in [0.2, 0.25) is 0 Å². The molecule has 0 atom stereocenters. The van der Waals surface area contributed by atoms with Gasteiger partial charge in [0.05, 0.1) is 33.0 Å². The van der Waals surface area contributed by atoms with Gasteiger partial charge in [-0.1, -0.05) is 89.3 Å². The zero-order valence-corrected chi connectivity index (χ0v) is 55.7. The fourth-order valence-electron chi connectivity index (χ4n) is 6.46. The van der Waals surface area contributed by atoms with Crippen molar-refractivity contribution in [3.8, 4) is 11.5 Å². The van der Waals surface area contributed by atoms with E-state index < -0.39 is 32.6 Å². The van der Waals surface area contributed by atoms with Crippen molar-refractivity contribution < 1.29 is 57.1 Å². The second-order valence-electron chi connectivity index (χ2n) is 19.5. The number of halogens is 8. The lowest BCUT2D eigenvalue weighted by molar-refractivity contribution is -0.146. The third kappa shape index (κ3) is 40.2. The average molecular weight is 1350 g/mol. The number of carbonyl (C=O) groups is 4. The molecule has 0 N–H and O–H groups in total. The Kier molecular flexibility index (Phi) is 41.4. The Hall–Kier alpha value is -0.966. The maximum absolute atomic E-state index is 12.9. The van der Waals surface area contributed by atoms with Crippen LogP contribution in [-0.4, -0.2) is 122 Å². The van der Waals surface area contributed by atoms with E-state index in [0.29, 0.717) is 101 Å². The van der Waals surface area contributed by atoms with E-state index in [1.807, 2.05) is 13.8 Å². The zero-order chi connectivity index (χ0) is 57.7. The number of ketones is 2. The Morgan fingerprint density at radius 3 is 1.16 bits per heavy atom. The highest BCUT2D eigenvalue weighted by Crippen LogP contribution is 2.27. The van der Waals surface area contributed by atoms with E-state index in [9.17, 15) is 19.2 Å². The van der Waals surface area contributed by atoms with Crippen LogP contribution in [0.4, 0.5) is 0 Å². The van der Waals surface area contributed by atoms with Gasteiger partial charge in [-0.15, -0.1) is 73.1 Å². The summed E-state index contributed by atoms with van der Waals surface area (Å²) >= 11 is 38.9. The molecule has 0 aliphatic heterocycles. The Morgan fingerprint density at radius 2 is 0.829 bits per heavy atom. The molecule has 0 aromatic heterocycles. The van der Waals surface area contributed by atoms with Gasteiger partial charge in [0.1, 0.15) is 44.6 Å². The number of rotatable bonds is 40. The second-order valence-corrected chi connectivity index (χ2v) is 39.2. The molecule has 2 aromatic rings. The van der Waals surface area contributed by atoms with Crippen molar-refractivity contribution in [1.82, 2.24) is 0 Å². The molecule has 0 spiro atoms. The molecular weight excluding hydrogens is 1270 g/mol. The number of unbranched alkanes of at least 4 members (excludes halogenated alkanes) is 10. The molecule has 436 valence electrons. The van der Waals surface area contributed by atoms with Crippen molar-refractivity contribution in [1.29, 1.82) is 0 Å². The van der Waals surface area contributed by atoms with Gasteiger partial charge < -0.3 is 37.9 Å². The summed E-state index contributed by atoms with van der Waals surface area (Å²) < 4.78 is 43.1. The molecule has 22 heteroatoms. The molecule has 0 saturated heterocycles. The molecule has 2 rings (SSSR count). The van der Waals surface area contributed by atoms with Gasteiger partial charge in [-0.2, -0.15) is 0 Å². The number of ether oxygens (including phenoxy) is 8. The van der Waals surface area contributed by atoms with Crippen molar-refractivity contribution in [2.24, 2.45) is 0 Å². The first-order valence-electron chi connectivity index (χ1n) is 25.8. The topological polar surface area (TPSA) is 142 Å². The summed E-state index contributed by atoms with van der Waals surface area (Å²) in [5.41, 5.74) is -0.602. The smallest absolute Gasteiger partial charge is 0.341 e. The largest absolute Gasteiger partial charge is 0.491 e. The van der Waals surface area contributed by atoms with Crippen molar-refractivity contribution >= 4 is 135 Å². The molecule has 76 heavy (non-hydrogen) atoms. The molecule has 12 nitrogen and oxygen atoms in total. The summed E-state index contributed by atoms with van der Waals surface area (Å²) in [5.74, 6) is 0.798. The summed E-state index contributed by atoms with van der Waals surface area (Å²) in [4.78, 5) is 49.1. The minimum absolute atomic E-state index is 0.0467. The van der Waals surface area contributed by atoms with E-state index >= 15 is 0 Å². The quantitative estimate of drug-likeness (QED) is 0.0119. The molecule has 0 saturated carbocycles. The van der Waals surface area contributed by atoms with Crippen LogP contribution in [0, 0.1) is 0 Å². The van der Waals surface area contributed by atoms with Crippen molar-refractivity contribution in [3.63, 3.8) is 0 Å². The molecule has 0 heterocycles. The number of hydrogen-bond acceptors (Lipinski definition) is 12. The van der Waals surface area contributed by atoms with E-state index in [4.69, 9.17) is 104 Å². The first-order valence-corrected chi connectivity index (χ1v) is 37.9. The first-order chi connectivity index (χ1) is 35.5. The summed E-state index contributed by atoms with van der Waals surface area (Å²) in [6.07, 6.45) is 14.4.